The van der Waals surface area contributed by atoms with Crippen LogP contribution in [0.3, 0.4) is 0 Å². The van der Waals surface area contributed by atoms with E-state index in [2.05, 4.69) is 4.98 Å². The number of nitrogens with zero attached hydrogens (tertiary/aromatic N) is 3. The maximum atomic E-state index is 13.5. The van der Waals surface area contributed by atoms with E-state index in [0.717, 1.165) is 11.3 Å². The van der Waals surface area contributed by atoms with Crippen molar-refractivity contribution in [2.75, 3.05) is 7.11 Å². The van der Waals surface area contributed by atoms with Gasteiger partial charge in [-0.15, -0.1) is 0 Å². The molecule has 0 atom stereocenters. The van der Waals surface area contributed by atoms with Gasteiger partial charge in [0.15, 0.2) is 5.16 Å². The molecule has 0 radical (unpaired) electrons. The SMILES string of the molecule is COC(=O)c1ccc2c(=O)n(-c3ccccc3)c(SCc3nc(-c4ccccc4)oc3C)nc2c1. The summed E-state index contributed by atoms with van der Waals surface area (Å²) in [5, 5.41) is 0.897. The monoisotopic (exact) mass is 483 g/mol. The van der Waals surface area contributed by atoms with Crippen molar-refractivity contribution < 1.29 is 13.9 Å². The summed E-state index contributed by atoms with van der Waals surface area (Å²) in [5.74, 6) is 1.22. The third-order valence-electron chi connectivity index (χ3n) is 5.53. The van der Waals surface area contributed by atoms with Crippen LogP contribution in [-0.4, -0.2) is 27.6 Å². The van der Waals surface area contributed by atoms with Gasteiger partial charge in [0.25, 0.3) is 5.56 Å². The lowest BCUT2D eigenvalue weighted by molar-refractivity contribution is 0.0601. The lowest BCUT2D eigenvalue weighted by Crippen LogP contribution is -2.22. The molecule has 5 rings (SSSR count). The van der Waals surface area contributed by atoms with Gasteiger partial charge >= 0.3 is 5.97 Å². The summed E-state index contributed by atoms with van der Waals surface area (Å²) in [6, 6.07) is 23.8. The summed E-state index contributed by atoms with van der Waals surface area (Å²) >= 11 is 1.38. The summed E-state index contributed by atoms with van der Waals surface area (Å²) in [5.41, 5.74) is 2.91. The van der Waals surface area contributed by atoms with E-state index < -0.39 is 5.97 Å². The number of hydrogen-bond acceptors (Lipinski definition) is 7. The molecule has 0 unspecified atom stereocenters. The maximum Gasteiger partial charge on any atom is 0.337 e. The fourth-order valence-electron chi connectivity index (χ4n) is 3.71. The molecule has 0 N–H and O–H groups in total. The van der Waals surface area contributed by atoms with E-state index in [1.807, 2.05) is 67.6 Å². The molecular formula is C27H21N3O4S. The van der Waals surface area contributed by atoms with Crippen molar-refractivity contribution in [1.82, 2.24) is 14.5 Å². The Hall–Kier alpha value is -4.17. The highest BCUT2D eigenvalue weighted by Crippen LogP contribution is 2.28. The van der Waals surface area contributed by atoms with Gasteiger partial charge in [-0.05, 0) is 49.4 Å². The average Bonchev–Trinajstić information content (AvgIpc) is 3.28. The summed E-state index contributed by atoms with van der Waals surface area (Å²) in [7, 11) is 1.32. The van der Waals surface area contributed by atoms with Gasteiger partial charge in [-0.2, -0.15) is 0 Å². The number of methoxy groups -OCH3 is 1. The molecule has 0 aliphatic rings. The molecule has 35 heavy (non-hydrogen) atoms. The number of carbonyl (C=O) groups is 1. The highest BCUT2D eigenvalue weighted by atomic mass is 32.2. The second kappa shape index (κ2) is 9.60. The second-order valence-corrected chi connectivity index (χ2v) is 8.71. The molecular weight excluding hydrogens is 462 g/mol. The molecule has 0 aliphatic carbocycles. The van der Waals surface area contributed by atoms with Crippen molar-refractivity contribution in [2.45, 2.75) is 17.8 Å². The number of esters is 1. The van der Waals surface area contributed by atoms with Gasteiger partial charge in [0.2, 0.25) is 5.89 Å². The molecule has 5 aromatic rings. The van der Waals surface area contributed by atoms with Crippen molar-refractivity contribution >= 4 is 28.6 Å². The molecule has 0 spiro atoms. The van der Waals surface area contributed by atoms with Crippen LogP contribution in [0.2, 0.25) is 0 Å². The average molecular weight is 484 g/mol. The standard InChI is InChI=1S/C27H21N3O4S/c1-17-23(28-24(34-17)18-9-5-3-6-10-18)16-35-27-29-22-15-19(26(32)33-2)13-14-21(22)25(31)30(27)20-11-7-4-8-12-20/h3-15H,16H2,1-2H3. The zero-order valence-electron chi connectivity index (χ0n) is 19.1. The molecule has 8 heteroatoms. The normalized spacial score (nSPS) is 11.0. The van der Waals surface area contributed by atoms with Crippen molar-refractivity contribution in [3.8, 4) is 17.1 Å². The smallest absolute Gasteiger partial charge is 0.337 e. The van der Waals surface area contributed by atoms with Crippen LogP contribution in [0.5, 0.6) is 0 Å². The molecule has 0 saturated heterocycles. The Morgan fingerprint density at radius 3 is 2.43 bits per heavy atom. The Morgan fingerprint density at radius 1 is 1.00 bits per heavy atom. The molecule has 0 bridgehead atoms. The molecule has 2 aromatic heterocycles. The number of rotatable bonds is 6. The number of aromatic nitrogens is 3. The molecule has 0 saturated carbocycles. The third-order valence-corrected chi connectivity index (χ3v) is 6.48. The first-order valence-electron chi connectivity index (χ1n) is 10.9. The first kappa shape index (κ1) is 22.6. The topological polar surface area (TPSA) is 87.2 Å². The fourth-order valence-corrected chi connectivity index (χ4v) is 4.72. The van der Waals surface area contributed by atoms with Crippen LogP contribution in [0.25, 0.3) is 28.0 Å². The third kappa shape index (κ3) is 4.48. The molecule has 3 aromatic carbocycles. The van der Waals surface area contributed by atoms with Crippen molar-refractivity contribution in [1.29, 1.82) is 0 Å². The van der Waals surface area contributed by atoms with Crippen LogP contribution in [0, 0.1) is 6.92 Å². The van der Waals surface area contributed by atoms with E-state index in [1.54, 1.807) is 22.8 Å². The van der Waals surface area contributed by atoms with Crippen LogP contribution in [-0.2, 0) is 10.5 Å². The summed E-state index contributed by atoms with van der Waals surface area (Å²) < 4.78 is 12.3. The maximum absolute atomic E-state index is 13.5. The lowest BCUT2D eigenvalue weighted by atomic mass is 10.1. The fraction of sp³-hybridized carbons (Fsp3) is 0.111. The summed E-state index contributed by atoms with van der Waals surface area (Å²) in [6.07, 6.45) is 0. The van der Waals surface area contributed by atoms with E-state index in [0.29, 0.717) is 44.7 Å². The van der Waals surface area contributed by atoms with Crippen LogP contribution in [0.4, 0.5) is 0 Å². The number of aryl methyl sites for hydroxylation is 1. The Kier molecular flexibility index (Phi) is 6.20. The minimum absolute atomic E-state index is 0.220. The van der Waals surface area contributed by atoms with Gasteiger partial charge in [0.1, 0.15) is 5.76 Å². The number of ether oxygens (including phenoxy) is 1. The predicted molar refractivity (Wildman–Crippen MR) is 135 cm³/mol. The van der Waals surface area contributed by atoms with Gasteiger partial charge in [-0.25, -0.2) is 14.8 Å². The van der Waals surface area contributed by atoms with Gasteiger partial charge in [-0.3, -0.25) is 9.36 Å². The van der Waals surface area contributed by atoms with Crippen LogP contribution < -0.4 is 5.56 Å². The van der Waals surface area contributed by atoms with Gasteiger partial charge in [0.05, 0.1) is 35.0 Å². The number of benzene rings is 3. The molecule has 0 aliphatic heterocycles. The summed E-state index contributed by atoms with van der Waals surface area (Å²) in [4.78, 5) is 35.0. The minimum atomic E-state index is -0.484. The molecule has 2 heterocycles. The number of oxazole rings is 1. The van der Waals surface area contributed by atoms with Gasteiger partial charge in [0, 0.05) is 11.3 Å². The number of para-hydroxylation sites is 1. The van der Waals surface area contributed by atoms with Crippen molar-refractivity contribution in [3.63, 3.8) is 0 Å². The van der Waals surface area contributed by atoms with Crippen LogP contribution >= 0.6 is 11.8 Å². The Balaban J connectivity index is 1.57. The van der Waals surface area contributed by atoms with Crippen LogP contribution in [0.15, 0.2) is 93.2 Å². The zero-order valence-corrected chi connectivity index (χ0v) is 19.9. The molecule has 0 amide bonds. The van der Waals surface area contributed by atoms with E-state index in [1.165, 1.54) is 18.9 Å². The molecule has 0 fully saturated rings. The van der Waals surface area contributed by atoms with Gasteiger partial charge in [-0.1, -0.05) is 48.2 Å². The zero-order chi connectivity index (χ0) is 24.4. The minimum Gasteiger partial charge on any atom is -0.465 e. The molecule has 7 nitrogen and oxygen atoms in total. The quantitative estimate of drug-likeness (QED) is 0.181. The molecule has 174 valence electrons. The highest BCUT2D eigenvalue weighted by molar-refractivity contribution is 7.98. The van der Waals surface area contributed by atoms with E-state index >= 15 is 0 Å². The summed E-state index contributed by atoms with van der Waals surface area (Å²) in [6.45, 7) is 1.87. The predicted octanol–water partition coefficient (Wildman–Crippen LogP) is 5.43. The Labute approximate surface area is 205 Å². The number of fused-ring (bicyclic) bond motifs is 1. The Bertz CT molecular complexity index is 1580. The number of carbonyl (C=O) groups excluding carboxylic acids is 1. The van der Waals surface area contributed by atoms with Crippen molar-refractivity contribution in [3.05, 3.63) is 106 Å². The van der Waals surface area contributed by atoms with E-state index in [4.69, 9.17) is 14.1 Å². The number of hydrogen-bond donors (Lipinski definition) is 0. The van der Waals surface area contributed by atoms with Gasteiger partial charge < -0.3 is 9.15 Å². The first-order valence-corrected chi connectivity index (χ1v) is 11.9. The number of thioether (sulfide) groups is 1. The van der Waals surface area contributed by atoms with Crippen molar-refractivity contribution in [2.24, 2.45) is 0 Å². The second-order valence-electron chi connectivity index (χ2n) is 7.77. The largest absolute Gasteiger partial charge is 0.465 e. The lowest BCUT2D eigenvalue weighted by Gasteiger charge is -2.13. The highest BCUT2D eigenvalue weighted by Gasteiger charge is 2.18. The van der Waals surface area contributed by atoms with Crippen LogP contribution in [0.1, 0.15) is 21.8 Å². The van der Waals surface area contributed by atoms with E-state index in [9.17, 15) is 9.59 Å². The Morgan fingerprint density at radius 2 is 1.71 bits per heavy atom. The first-order chi connectivity index (χ1) is 17.0. The van der Waals surface area contributed by atoms with E-state index in [-0.39, 0.29) is 5.56 Å².